The summed E-state index contributed by atoms with van der Waals surface area (Å²) >= 11 is 0. The summed E-state index contributed by atoms with van der Waals surface area (Å²) in [5.74, 6) is 0.0446. The molecule has 4 heteroatoms. The van der Waals surface area contributed by atoms with Crippen molar-refractivity contribution in [2.45, 2.75) is 51.6 Å². The summed E-state index contributed by atoms with van der Waals surface area (Å²) in [5.41, 5.74) is 4.26. The maximum atomic E-state index is 13.1. The minimum atomic E-state index is -0.382. The van der Waals surface area contributed by atoms with Gasteiger partial charge in [0, 0.05) is 24.7 Å². The van der Waals surface area contributed by atoms with Crippen molar-refractivity contribution >= 4 is 11.8 Å². The molecule has 4 rings (SSSR count). The van der Waals surface area contributed by atoms with Gasteiger partial charge in [0.1, 0.15) is 6.04 Å². The highest BCUT2D eigenvalue weighted by Gasteiger charge is 2.42. The van der Waals surface area contributed by atoms with Crippen molar-refractivity contribution in [3.63, 3.8) is 0 Å². The molecule has 2 aliphatic heterocycles. The van der Waals surface area contributed by atoms with Crippen LogP contribution in [0.5, 0.6) is 0 Å². The van der Waals surface area contributed by atoms with Crippen LogP contribution in [0.15, 0.2) is 48.5 Å². The zero-order chi connectivity index (χ0) is 19.7. The third-order valence-corrected chi connectivity index (χ3v) is 6.11. The van der Waals surface area contributed by atoms with Gasteiger partial charge in [-0.05, 0) is 55.0 Å². The lowest BCUT2D eigenvalue weighted by Crippen LogP contribution is -2.60. The van der Waals surface area contributed by atoms with Crippen LogP contribution >= 0.6 is 0 Å². The molecule has 2 aromatic rings. The highest BCUT2D eigenvalue weighted by atomic mass is 16.2. The van der Waals surface area contributed by atoms with Gasteiger partial charge in [-0.3, -0.25) is 9.59 Å². The summed E-state index contributed by atoms with van der Waals surface area (Å²) in [5, 5.41) is 0. The molecule has 146 valence electrons. The van der Waals surface area contributed by atoms with Crippen LogP contribution in [0.25, 0.3) is 11.1 Å². The van der Waals surface area contributed by atoms with Crippen molar-refractivity contribution in [3.05, 3.63) is 59.7 Å². The van der Waals surface area contributed by atoms with E-state index in [-0.39, 0.29) is 23.9 Å². The molecular weight excluding hydrogens is 348 g/mol. The fraction of sp³-hybridized carbons (Fsp3) is 0.417. The smallest absolute Gasteiger partial charge is 0.254 e. The molecule has 2 atom stereocenters. The SMILES string of the molecule is CCCc1ccc(-c2ccc(C(=O)N3C[C@H]4CCCN4C(=O)[C@H]3C)cc2)cc1. The van der Waals surface area contributed by atoms with Crippen LogP contribution in [0.3, 0.4) is 0 Å². The summed E-state index contributed by atoms with van der Waals surface area (Å²) in [6.45, 7) is 5.51. The molecule has 2 fully saturated rings. The predicted octanol–water partition coefficient (Wildman–Crippen LogP) is 4.14. The molecule has 0 unspecified atom stereocenters. The number of hydrogen-bond donors (Lipinski definition) is 0. The molecule has 0 aromatic heterocycles. The Hall–Kier alpha value is -2.62. The van der Waals surface area contributed by atoms with Crippen molar-refractivity contribution in [2.24, 2.45) is 0 Å². The topological polar surface area (TPSA) is 40.6 Å². The summed E-state index contributed by atoms with van der Waals surface area (Å²) in [6.07, 6.45) is 4.27. The molecule has 2 aromatic carbocycles. The van der Waals surface area contributed by atoms with E-state index in [9.17, 15) is 9.59 Å². The van der Waals surface area contributed by atoms with Crippen molar-refractivity contribution in [3.8, 4) is 11.1 Å². The lowest BCUT2D eigenvalue weighted by molar-refractivity contribution is -0.141. The van der Waals surface area contributed by atoms with Gasteiger partial charge >= 0.3 is 0 Å². The second-order valence-corrected chi connectivity index (χ2v) is 7.99. The van der Waals surface area contributed by atoms with Crippen molar-refractivity contribution < 1.29 is 9.59 Å². The van der Waals surface area contributed by atoms with E-state index in [2.05, 4.69) is 31.2 Å². The lowest BCUT2D eigenvalue weighted by Gasteiger charge is -2.41. The van der Waals surface area contributed by atoms with Crippen LogP contribution in [0, 0.1) is 0 Å². The number of piperazine rings is 1. The molecule has 2 amide bonds. The minimum Gasteiger partial charge on any atom is -0.336 e. The van der Waals surface area contributed by atoms with Gasteiger partial charge in [-0.2, -0.15) is 0 Å². The molecule has 0 bridgehead atoms. The number of nitrogens with zero attached hydrogens (tertiary/aromatic N) is 2. The molecule has 0 radical (unpaired) electrons. The van der Waals surface area contributed by atoms with Gasteiger partial charge < -0.3 is 9.80 Å². The van der Waals surface area contributed by atoms with Gasteiger partial charge in [-0.1, -0.05) is 49.7 Å². The Labute approximate surface area is 167 Å². The Balaban J connectivity index is 1.50. The highest BCUT2D eigenvalue weighted by Crippen LogP contribution is 2.27. The normalized spacial score (nSPS) is 21.7. The first-order valence-corrected chi connectivity index (χ1v) is 10.4. The fourth-order valence-corrected chi connectivity index (χ4v) is 4.46. The molecule has 2 heterocycles. The largest absolute Gasteiger partial charge is 0.336 e. The monoisotopic (exact) mass is 376 g/mol. The third-order valence-electron chi connectivity index (χ3n) is 6.11. The van der Waals surface area contributed by atoms with Crippen LogP contribution in [-0.4, -0.2) is 46.8 Å². The summed E-state index contributed by atoms with van der Waals surface area (Å²) in [7, 11) is 0. The van der Waals surface area contributed by atoms with E-state index in [1.54, 1.807) is 4.90 Å². The first kappa shape index (κ1) is 18.7. The number of carbonyl (C=O) groups excluding carboxylic acids is 2. The molecule has 0 aliphatic carbocycles. The molecule has 4 nitrogen and oxygen atoms in total. The fourth-order valence-electron chi connectivity index (χ4n) is 4.46. The number of benzene rings is 2. The summed E-state index contributed by atoms with van der Waals surface area (Å²) in [4.78, 5) is 29.4. The van der Waals surface area contributed by atoms with E-state index in [4.69, 9.17) is 0 Å². The Bertz CT molecular complexity index is 857. The van der Waals surface area contributed by atoms with Gasteiger partial charge in [0.15, 0.2) is 0 Å². The molecule has 0 saturated carbocycles. The average molecular weight is 376 g/mol. The van der Waals surface area contributed by atoms with Crippen molar-refractivity contribution in [1.29, 1.82) is 0 Å². The standard InChI is InChI=1S/C24H28N2O2/c1-3-5-18-7-9-19(10-8-18)20-11-13-21(14-12-20)24(28)26-16-22-6-4-15-25(22)23(27)17(26)2/h7-14,17,22H,3-6,15-16H2,1-2H3/t17-,22-/m1/s1. The van der Waals surface area contributed by atoms with E-state index in [1.807, 2.05) is 36.1 Å². The third kappa shape index (κ3) is 3.44. The quantitative estimate of drug-likeness (QED) is 0.805. The first-order chi connectivity index (χ1) is 13.6. The number of carbonyl (C=O) groups is 2. The van der Waals surface area contributed by atoms with Crippen LogP contribution in [0.1, 0.15) is 49.0 Å². The van der Waals surface area contributed by atoms with E-state index >= 15 is 0 Å². The Morgan fingerprint density at radius 1 is 1.04 bits per heavy atom. The molecule has 0 N–H and O–H groups in total. The van der Waals surface area contributed by atoms with E-state index in [0.717, 1.165) is 43.4 Å². The van der Waals surface area contributed by atoms with Gasteiger partial charge in [-0.25, -0.2) is 0 Å². The Morgan fingerprint density at radius 3 is 2.32 bits per heavy atom. The number of hydrogen-bond acceptors (Lipinski definition) is 2. The van der Waals surface area contributed by atoms with E-state index < -0.39 is 0 Å². The van der Waals surface area contributed by atoms with Crippen molar-refractivity contribution in [2.75, 3.05) is 13.1 Å². The zero-order valence-electron chi connectivity index (χ0n) is 16.7. The maximum Gasteiger partial charge on any atom is 0.254 e. The predicted molar refractivity (Wildman–Crippen MR) is 111 cm³/mol. The molecule has 2 saturated heterocycles. The summed E-state index contributed by atoms with van der Waals surface area (Å²) in [6, 6.07) is 16.2. The van der Waals surface area contributed by atoms with Crippen LogP contribution < -0.4 is 0 Å². The first-order valence-electron chi connectivity index (χ1n) is 10.4. The van der Waals surface area contributed by atoms with Crippen LogP contribution in [-0.2, 0) is 11.2 Å². The van der Waals surface area contributed by atoms with Gasteiger partial charge in [-0.15, -0.1) is 0 Å². The number of amides is 2. The number of aryl methyl sites for hydroxylation is 1. The Kier molecular flexibility index (Phi) is 5.21. The maximum absolute atomic E-state index is 13.1. The second kappa shape index (κ2) is 7.78. The van der Waals surface area contributed by atoms with Crippen LogP contribution in [0.4, 0.5) is 0 Å². The molecule has 0 spiro atoms. The van der Waals surface area contributed by atoms with Gasteiger partial charge in [0.25, 0.3) is 5.91 Å². The van der Waals surface area contributed by atoms with Gasteiger partial charge in [0.05, 0.1) is 0 Å². The van der Waals surface area contributed by atoms with E-state index in [0.29, 0.717) is 12.1 Å². The van der Waals surface area contributed by atoms with Crippen LogP contribution in [0.2, 0.25) is 0 Å². The number of fused-ring (bicyclic) bond motifs is 1. The van der Waals surface area contributed by atoms with E-state index in [1.165, 1.54) is 5.56 Å². The zero-order valence-corrected chi connectivity index (χ0v) is 16.7. The summed E-state index contributed by atoms with van der Waals surface area (Å²) < 4.78 is 0. The van der Waals surface area contributed by atoms with Gasteiger partial charge in [0.2, 0.25) is 5.91 Å². The molecule has 2 aliphatic rings. The Morgan fingerprint density at radius 2 is 1.68 bits per heavy atom. The lowest BCUT2D eigenvalue weighted by atomic mass is 10.00. The second-order valence-electron chi connectivity index (χ2n) is 7.99. The minimum absolute atomic E-state index is 0.0442. The number of rotatable bonds is 4. The van der Waals surface area contributed by atoms with Crippen molar-refractivity contribution in [1.82, 2.24) is 9.80 Å². The highest BCUT2D eigenvalue weighted by molar-refractivity contribution is 5.98. The molecular formula is C24H28N2O2. The average Bonchev–Trinajstić information content (AvgIpc) is 3.20. The molecule has 28 heavy (non-hydrogen) atoms.